The van der Waals surface area contributed by atoms with Crippen LogP contribution in [0.1, 0.15) is 27.7 Å². The van der Waals surface area contributed by atoms with Crippen molar-refractivity contribution in [3.05, 3.63) is 0 Å². The van der Waals surface area contributed by atoms with Gasteiger partial charge in [-0.15, -0.1) is 4.20 Å². The molecule has 3 nitrogen and oxygen atoms in total. The van der Waals surface area contributed by atoms with Crippen LogP contribution in [0.3, 0.4) is 0 Å². The maximum Gasteiger partial charge on any atom is 0.513 e. The van der Waals surface area contributed by atoms with Gasteiger partial charge in [0.2, 0.25) is 0 Å². The van der Waals surface area contributed by atoms with Crippen LogP contribution in [0, 0.1) is 5.41 Å². The second-order valence-electron chi connectivity index (χ2n) is 3.73. The molecule has 2 atom stereocenters. The van der Waals surface area contributed by atoms with Crippen LogP contribution in [0.5, 0.6) is 0 Å². The predicted molar refractivity (Wildman–Crippen MR) is 45.7 cm³/mol. The Bertz CT molecular complexity index is 188. The van der Waals surface area contributed by atoms with Crippen LogP contribution in [0.25, 0.3) is 0 Å². The Morgan fingerprint density at radius 3 is 2.08 bits per heavy atom. The minimum Gasteiger partial charge on any atom is -0.287 e. The quantitative estimate of drug-likeness (QED) is 0.653. The molecule has 5 heteroatoms. The zero-order valence-corrected chi connectivity index (χ0v) is 9.02. The first-order valence-electron chi connectivity index (χ1n) is 3.73. The number of rotatable bonds is 3. The van der Waals surface area contributed by atoms with Crippen LogP contribution in [0.2, 0.25) is 0 Å². The van der Waals surface area contributed by atoms with Gasteiger partial charge in [-0.2, -0.15) is 0 Å². The standard InChI is InChI=1S/C7H16FO3P/c1-6(7(2,3)4)11-12(8,9)10-5/h6H,1-5H3. The molecule has 0 spiro atoms. The van der Waals surface area contributed by atoms with Crippen LogP contribution in [0.15, 0.2) is 0 Å². The number of halogens is 1. The van der Waals surface area contributed by atoms with E-state index in [-0.39, 0.29) is 5.41 Å². The molecule has 0 aliphatic rings. The molecule has 0 N–H and O–H groups in total. The van der Waals surface area contributed by atoms with Gasteiger partial charge in [0.05, 0.1) is 6.10 Å². The highest BCUT2D eigenvalue weighted by atomic mass is 31.2. The third kappa shape index (κ3) is 4.19. The molecule has 0 fully saturated rings. The maximum atomic E-state index is 12.7. The molecule has 0 aromatic heterocycles. The third-order valence-electron chi connectivity index (χ3n) is 1.72. The minimum absolute atomic E-state index is 0.250. The van der Waals surface area contributed by atoms with Crippen LogP contribution < -0.4 is 0 Å². The van der Waals surface area contributed by atoms with E-state index in [1.165, 1.54) is 0 Å². The van der Waals surface area contributed by atoms with Crippen molar-refractivity contribution in [2.75, 3.05) is 7.11 Å². The molecule has 0 saturated carbocycles. The molecule has 2 unspecified atom stereocenters. The fourth-order valence-corrected chi connectivity index (χ4v) is 1.17. The molecule has 0 rings (SSSR count). The van der Waals surface area contributed by atoms with Gasteiger partial charge in [-0.25, -0.2) is 4.57 Å². The van der Waals surface area contributed by atoms with Crippen molar-refractivity contribution in [2.24, 2.45) is 5.41 Å². The summed E-state index contributed by atoms with van der Waals surface area (Å²) < 4.78 is 32.1. The Labute approximate surface area is 72.9 Å². The third-order valence-corrected chi connectivity index (χ3v) is 2.73. The van der Waals surface area contributed by atoms with Gasteiger partial charge in [-0.05, 0) is 12.3 Å². The molecule has 12 heavy (non-hydrogen) atoms. The van der Waals surface area contributed by atoms with Crippen LogP contribution in [0.4, 0.5) is 4.20 Å². The van der Waals surface area contributed by atoms with E-state index in [9.17, 15) is 8.76 Å². The molecular weight excluding hydrogens is 182 g/mol. The molecule has 74 valence electrons. The maximum absolute atomic E-state index is 12.7. The van der Waals surface area contributed by atoms with E-state index in [2.05, 4.69) is 9.05 Å². The SMILES string of the molecule is COP(=O)(F)OC(C)C(C)(C)C. The summed E-state index contributed by atoms with van der Waals surface area (Å²) in [5.74, 6) is 0. The van der Waals surface area contributed by atoms with E-state index in [1.54, 1.807) is 6.92 Å². The lowest BCUT2D eigenvalue weighted by molar-refractivity contribution is 0.0706. The van der Waals surface area contributed by atoms with E-state index in [0.29, 0.717) is 0 Å². The van der Waals surface area contributed by atoms with Gasteiger partial charge < -0.3 is 0 Å². The lowest BCUT2D eigenvalue weighted by atomic mass is 9.91. The van der Waals surface area contributed by atoms with Gasteiger partial charge in [-0.1, -0.05) is 20.8 Å². The summed E-state index contributed by atoms with van der Waals surface area (Å²) in [6.07, 6.45) is -0.451. The average Bonchev–Trinajstić information content (AvgIpc) is 1.85. The Morgan fingerprint density at radius 1 is 1.42 bits per heavy atom. The summed E-state index contributed by atoms with van der Waals surface area (Å²) in [4.78, 5) is 0. The molecule has 0 bridgehead atoms. The van der Waals surface area contributed by atoms with E-state index < -0.39 is 14.0 Å². The molecule has 0 aromatic carbocycles. The summed E-state index contributed by atoms with van der Waals surface area (Å²) in [5.41, 5.74) is -0.250. The predicted octanol–water partition coefficient (Wildman–Crippen LogP) is 3.16. The van der Waals surface area contributed by atoms with Crippen molar-refractivity contribution in [3.8, 4) is 0 Å². The number of hydrogen-bond acceptors (Lipinski definition) is 3. The first kappa shape index (κ1) is 12.1. The lowest BCUT2D eigenvalue weighted by Gasteiger charge is -2.27. The molecule has 0 aromatic rings. The Morgan fingerprint density at radius 2 is 1.83 bits per heavy atom. The average molecular weight is 198 g/mol. The summed E-state index contributed by atoms with van der Waals surface area (Å²) in [6.45, 7) is 7.26. The fourth-order valence-electron chi connectivity index (χ4n) is 0.390. The second kappa shape index (κ2) is 3.86. The van der Waals surface area contributed by atoms with E-state index in [0.717, 1.165) is 7.11 Å². The normalized spacial score (nSPS) is 20.2. The fraction of sp³-hybridized carbons (Fsp3) is 1.00. The molecule has 0 aliphatic carbocycles. The zero-order valence-electron chi connectivity index (χ0n) is 8.13. The van der Waals surface area contributed by atoms with Crippen molar-refractivity contribution in [2.45, 2.75) is 33.8 Å². The smallest absolute Gasteiger partial charge is 0.287 e. The Kier molecular flexibility index (Phi) is 3.88. The topological polar surface area (TPSA) is 35.5 Å². The molecule has 0 heterocycles. The second-order valence-corrected chi connectivity index (χ2v) is 5.16. The number of hydrogen-bond donors (Lipinski definition) is 0. The molecule has 0 amide bonds. The summed E-state index contributed by atoms with van der Waals surface area (Å²) in [7, 11) is -3.30. The van der Waals surface area contributed by atoms with Crippen LogP contribution >= 0.6 is 7.91 Å². The highest BCUT2D eigenvalue weighted by Gasteiger charge is 2.31. The van der Waals surface area contributed by atoms with Crippen molar-refractivity contribution in [3.63, 3.8) is 0 Å². The molecule has 0 saturated heterocycles. The highest BCUT2D eigenvalue weighted by molar-refractivity contribution is 7.48. The van der Waals surface area contributed by atoms with Gasteiger partial charge >= 0.3 is 7.91 Å². The lowest BCUT2D eigenvalue weighted by Crippen LogP contribution is -2.24. The Hall–Kier alpha value is 0.0800. The van der Waals surface area contributed by atoms with Crippen molar-refractivity contribution in [1.82, 2.24) is 0 Å². The summed E-state index contributed by atoms with van der Waals surface area (Å²) in [5, 5.41) is 0. The molecular formula is C7H16FO3P. The van der Waals surface area contributed by atoms with Gasteiger partial charge in [0.15, 0.2) is 0 Å². The Balaban J connectivity index is 4.19. The van der Waals surface area contributed by atoms with Gasteiger partial charge in [-0.3, -0.25) is 9.05 Å². The monoisotopic (exact) mass is 198 g/mol. The first-order valence-corrected chi connectivity index (χ1v) is 5.16. The van der Waals surface area contributed by atoms with E-state index in [1.807, 2.05) is 20.8 Å². The molecule has 0 aliphatic heterocycles. The summed E-state index contributed by atoms with van der Waals surface area (Å²) in [6, 6.07) is 0. The van der Waals surface area contributed by atoms with Gasteiger partial charge in [0, 0.05) is 7.11 Å². The van der Waals surface area contributed by atoms with Gasteiger partial charge in [0.1, 0.15) is 0 Å². The van der Waals surface area contributed by atoms with Crippen LogP contribution in [-0.4, -0.2) is 13.2 Å². The van der Waals surface area contributed by atoms with Gasteiger partial charge in [0.25, 0.3) is 0 Å². The van der Waals surface area contributed by atoms with E-state index >= 15 is 0 Å². The van der Waals surface area contributed by atoms with Crippen molar-refractivity contribution >= 4 is 7.91 Å². The first-order chi connectivity index (χ1) is 5.19. The van der Waals surface area contributed by atoms with E-state index in [4.69, 9.17) is 0 Å². The van der Waals surface area contributed by atoms with Crippen molar-refractivity contribution in [1.29, 1.82) is 0 Å². The zero-order chi connectivity index (χ0) is 9.99. The largest absolute Gasteiger partial charge is 0.513 e. The minimum atomic E-state index is -4.33. The summed E-state index contributed by atoms with van der Waals surface area (Å²) >= 11 is 0. The van der Waals surface area contributed by atoms with Crippen molar-refractivity contribution < 1.29 is 17.8 Å². The molecule has 0 radical (unpaired) electrons. The highest BCUT2D eigenvalue weighted by Crippen LogP contribution is 2.51. The van der Waals surface area contributed by atoms with Crippen LogP contribution in [-0.2, 0) is 13.6 Å².